The highest BCUT2D eigenvalue weighted by molar-refractivity contribution is 5.69. The lowest BCUT2D eigenvalue weighted by atomic mass is 9.93. The Kier molecular flexibility index (Phi) is 4.07. The zero-order chi connectivity index (χ0) is 10.6. The molecule has 0 aromatic rings. The molecule has 0 N–H and O–H groups in total. The van der Waals surface area contributed by atoms with Crippen LogP contribution in [0.15, 0.2) is 0 Å². The third kappa shape index (κ3) is 2.80. The molecule has 3 atom stereocenters. The highest BCUT2D eigenvalue weighted by Crippen LogP contribution is 2.25. The van der Waals surface area contributed by atoms with Gasteiger partial charge in [-0.25, -0.2) is 0 Å². The number of esters is 1. The molecule has 0 amide bonds. The first-order valence-corrected chi connectivity index (χ1v) is 4.85. The maximum absolute atomic E-state index is 11.0. The molecule has 1 fully saturated rings. The predicted octanol–water partition coefficient (Wildman–Crippen LogP) is 0.932. The molecule has 1 rings (SSSR count). The van der Waals surface area contributed by atoms with Crippen LogP contribution in [-0.2, 0) is 19.1 Å². The lowest BCUT2D eigenvalue weighted by Crippen LogP contribution is -2.36. The summed E-state index contributed by atoms with van der Waals surface area (Å²) in [4.78, 5) is 21.6. The van der Waals surface area contributed by atoms with E-state index in [9.17, 15) is 9.59 Å². The molecule has 0 spiro atoms. The van der Waals surface area contributed by atoms with E-state index in [1.54, 1.807) is 0 Å². The van der Waals surface area contributed by atoms with Crippen molar-refractivity contribution in [2.45, 2.75) is 38.4 Å². The summed E-state index contributed by atoms with van der Waals surface area (Å²) in [5.74, 6) is -0.0319. The molecule has 1 heterocycles. The van der Waals surface area contributed by atoms with Gasteiger partial charge in [0.05, 0.1) is 19.6 Å². The van der Waals surface area contributed by atoms with Gasteiger partial charge in [-0.15, -0.1) is 0 Å². The molecule has 80 valence electrons. The van der Waals surface area contributed by atoms with Crippen molar-refractivity contribution in [1.29, 1.82) is 0 Å². The molecular weight excluding hydrogens is 184 g/mol. The Morgan fingerprint density at radius 3 is 2.86 bits per heavy atom. The van der Waals surface area contributed by atoms with E-state index in [4.69, 9.17) is 4.74 Å². The van der Waals surface area contributed by atoms with E-state index >= 15 is 0 Å². The van der Waals surface area contributed by atoms with Gasteiger partial charge in [-0.2, -0.15) is 0 Å². The number of methoxy groups -OCH3 is 1. The smallest absolute Gasteiger partial charge is 0.308 e. The highest BCUT2D eigenvalue weighted by atomic mass is 16.5. The second-order valence-electron chi connectivity index (χ2n) is 3.69. The Bertz CT molecular complexity index is 214. The first-order valence-electron chi connectivity index (χ1n) is 4.85. The van der Waals surface area contributed by atoms with Gasteiger partial charge in [0.1, 0.15) is 12.4 Å². The van der Waals surface area contributed by atoms with Crippen molar-refractivity contribution in [2.24, 2.45) is 5.92 Å². The highest BCUT2D eigenvalue weighted by Gasteiger charge is 2.29. The fourth-order valence-electron chi connectivity index (χ4n) is 1.62. The molecule has 14 heavy (non-hydrogen) atoms. The number of carbonyl (C=O) groups is 2. The lowest BCUT2D eigenvalue weighted by Gasteiger charge is -2.31. The topological polar surface area (TPSA) is 52.6 Å². The largest absolute Gasteiger partial charge is 0.469 e. The zero-order valence-corrected chi connectivity index (χ0v) is 8.56. The van der Waals surface area contributed by atoms with Crippen LogP contribution in [0.25, 0.3) is 0 Å². The number of ether oxygens (including phenoxy) is 2. The van der Waals surface area contributed by atoms with Gasteiger partial charge in [-0.1, -0.05) is 6.92 Å². The van der Waals surface area contributed by atoms with Gasteiger partial charge >= 0.3 is 5.97 Å². The van der Waals surface area contributed by atoms with E-state index < -0.39 is 0 Å². The second-order valence-corrected chi connectivity index (χ2v) is 3.69. The Morgan fingerprint density at radius 1 is 1.57 bits per heavy atom. The lowest BCUT2D eigenvalue weighted by molar-refractivity contribution is -0.151. The van der Waals surface area contributed by atoms with Gasteiger partial charge in [0.2, 0.25) is 0 Å². The first kappa shape index (κ1) is 11.2. The van der Waals surface area contributed by atoms with Gasteiger partial charge in [0.25, 0.3) is 0 Å². The quantitative estimate of drug-likeness (QED) is 0.502. The maximum atomic E-state index is 11.0. The van der Waals surface area contributed by atoms with Crippen LogP contribution < -0.4 is 0 Å². The minimum atomic E-state index is -0.363. The number of rotatable bonds is 3. The van der Waals surface area contributed by atoms with Crippen LogP contribution in [-0.4, -0.2) is 31.6 Å². The van der Waals surface area contributed by atoms with Gasteiger partial charge in [-0.05, 0) is 18.8 Å². The summed E-state index contributed by atoms with van der Waals surface area (Å²) < 4.78 is 9.99. The van der Waals surface area contributed by atoms with Crippen LogP contribution in [0.4, 0.5) is 0 Å². The van der Waals surface area contributed by atoms with E-state index in [-0.39, 0.29) is 30.5 Å². The third-order valence-electron chi connectivity index (χ3n) is 2.61. The van der Waals surface area contributed by atoms with Crippen molar-refractivity contribution in [2.75, 3.05) is 7.11 Å². The fourth-order valence-corrected chi connectivity index (χ4v) is 1.62. The molecule has 0 aromatic heterocycles. The van der Waals surface area contributed by atoms with Gasteiger partial charge in [-0.3, -0.25) is 4.79 Å². The molecule has 0 bridgehead atoms. The first-order chi connectivity index (χ1) is 6.67. The number of carbonyl (C=O) groups excluding carboxylic acids is 2. The summed E-state index contributed by atoms with van der Waals surface area (Å²) in [5.41, 5.74) is 0. The minimum Gasteiger partial charge on any atom is -0.469 e. The molecule has 4 nitrogen and oxygen atoms in total. The monoisotopic (exact) mass is 200 g/mol. The van der Waals surface area contributed by atoms with E-state index in [0.717, 1.165) is 19.1 Å². The number of hydrogen-bond acceptors (Lipinski definition) is 4. The van der Waals surface area contributed by atoms with Crippen molar-refractivity contribution >= 4 is 12.3 Å². The summed E-state index contributed by atoms with van der Waals surface area (Å²) in [6, 6.07) is 0. The molecule has 1 aliphatic rings. The molecule has 1 saturated heterocycles. The number of aldehydes is 1. The van der Waals surface area contributed by atoms with Crippen LogP contribution in [0.5, 0.6) is 0 Å². The summed E-state index contributed by atoms with van der Waals surface area (Å²) in [6.45, 7) is 1.98. The molecule has 0 radical (unpaired) electrons. The zero-order valence-electron chi connectivity index (χ0n) is 8.56. The van der Waals surface area contributed by atoms with Crippen molar-refractivity contribution in [3.8, 4) is 0 Å². The van der Waals surface area contributed by atoms with Crippen LogP contribution in [0.1, 0.15) is 26.2 Å². The van der Waals surface area contributed by atoms with Crippen molar-refractivity contribution in [3.05, 3.63) is 0 Å². The maximum Gasteiger partial charge on any atom is 0.308 e. The average molecular weight is 200 g/mol. The predicted molar refractivity (Wildman–Crippen MR) is 49.8 cm³/mol. The van der Waals surface area contributed by atoms with E-state index in [0.29, 0.717) is 0 Å². The summed E-state index contributed by atoms with van der Waals surface area (Å²) in [7, 11) is 1.35. The molecule has 4 heteroatoms. The standard InChI is InChI=1S/C10H16O4/c1-7-3-4-8(5-10(12)13-2)14-9(7)6-11/h6-9H,3-5H2,1-2H3/t7-,8+,9+/m0/s1. The molecular formula is C10H16O4. The molecule has 0 saturated carbocycles. The Labute approximate surface area is 83.6 Å². The average Bonchev–Trinajstić information content (AvgIpc) is 2.20. The Morgan fingerprint density at radius 2 is 2.29 bits per heavy atom. The Balaban J connectivity index is 2.42. The van der Waals surface area contributed by atoms with Gasteiger partial charge in [0.15, 0.2) is 0 Å². The summed E-state index contributed by atoms with van der Waals surface area (Å²) >= 11 is 0. The van der Waals surface area contributed by atoms with E-state index in [2.05, 4.69) is 4.74 Å². The van der Waals surface area contributed by atoms with Crippen LogP contribution in [0, 0.1) is 5.92 Å². The van der Waals surface area contributed by atoms with Crippen LogP contribution >= 0.6 is 0 Å². The van der Waals surface area contributed by atoms with Crippen molar-refractivity contribution < 1.29 is 19.1 Å². The second kappa shape index (κ2) is 5.10. The minimum absolute atomic E-state index is 0.158. The molecule has 1 aliphatic heterocycles. The Hall–Kier alpha value is -0.900. The van der Waals surface area contributed by atoms with Crippen molar-refractivity contribution in [3.63, 3.8) is 0 Å². The SMILES string of the molecule is COC(=O)C[C@H]1CC[C@H](C)[C@@H](C=O)O1. The van der Waals surface area contributed by atoms with Crippen LogP contribution in [0.2, 0.25) is 0 Å². The molecule has 0 aliphatic carbocycles. The number of hydrogen-bond donors (Lipinski definition) is 0. The van der Waals surface area contributed by atoms with E-state index in [1.807, 2.05) is 6.92 Å². The normalized spacial score (nSPS) is 32.3. The van der Waals surface area contributed by atoms with Gasteiger partial charge < -0.3 is 14.3 Å². The van der Waals surface area contributed by atoms with Crippen LogP contribution in [0.3, 0.4) is 0 Å². The fraction of sp³-hybridized carbons (Fsp3) is 0.800. The van der Waals surface area contributed by atoms with E-state index in [1.165, 1.54) is 7.11 Å². The molecule has 0 unspecified atom stereocenters. The molecule has 0 aromatic carbocycles. The van der Waals surface area contributed by atoms with Crippen molar-refractivity contribution in [1.82, 2.24) is 0 Å². The summed E-state index contributed by atoms with van der Waals surface area (Å²) in [6.07, 6.45) is 2.28. The summed E-state index contributed by atoms with van der Waals surface area (Å²) in [5, 5.41) is 0. The van der Waals surface area contributed by atoms with Gasteiger partial charge in [0, 0.05) is 0 Å². The third-order valence-corrected chi connectivity index (χ3v) is 2.61.